The topological polar surface area (TPSA) is 35.5 Å². The van der Waals surface area contributed by atoms with E-state index in [1.165, 1.54) is 17.7 Å². The highest BCUT2D eigenvalue weighted by atomic mass is 32.2. The summed E-state index contributed by atoms with van der Waals surface area (Å²) in [7, 11) is -1.13. The van der Waals surface area contributed by atoms with Gasteiger partial charge in [0, 0.05) is 27.7 Å². The second-order valence-corrected chi connectivity index (χ2v) is 7.75. The van der Waals surface area contributed by atoms with Crippen molar-refractivity contribution in [3.63, 3.8) is 0 Å². The summed E-state index contributed by atoms with van der Waals surface area (Å²) >= 11 is 0. The predicted octanol–water partition coefficient (Wildman–Crippen LogP) is 4.26. The summed E-state index contributed by atoms with van der Waals surface area (Å²) in [6, 6.07) is 11.0. The molecule has 1 heterocycles. The molecular formula is C19H21FO3S. The van der Waals surface area contributed by atoms with Crippen molar-refractivity contribution in [2.24, 2.45) is 0 Å². The maximum atomic E-state index is 13.7. The van der Waals surface area contributed by atoms with Gasteiger partial charge in [-0.1, -0.05) is 38.1 Å². The zero-order valence-electron chi connectivity index (χ0n) is 13.9. The van der Waals surface area contributed by atoms with Crippen LogP contribution in [0.5, 0.6) is 5.75 Å². The molecule has 24 heavy (non-hydrogen) atoms. The van der Waals surface area contributed by atoms with Gasteiger partial charge in [0.25, 0.3) is 0 Å². The molecule has 1 aliphatic heterocycles. The smallest absolute Gasteiger partial charge is 0.189 e. The standard InChI is InChI=1S/C19H21FO3S/c1-13(2)15-5-3-14(4-6-15)10-24(21)11-17-8-18(20)7-16-9-22-12-23-19(16)17/h3-8,13H,9-12H2,1-2H3. The van der Waals surface area contributed by atoms with E-state index in [0.717, 1.165) is 5.56 Å². The normalized spacial score (nSPS) is 15.0. The molecule has 0 aliphatic carbocycles. The van der Waals surface area contributed by atoms with E-state index >= 15 is 0 Å². The van der Waals surface area contributed by atoms with Gasteiger partial charge < -0.3 is 9.47 Å². The van der Waals surface area contributed by atoms with E-state index in [0.29, 0.717) is 35.2 Å². The fourth-order valence-corrected chi connectivity index (χ4v) is 4.00. The molecule has 0 N–H and O–H groups in total. The Hall–Kier alpha value is -1.72. The van der Waals surface area contributed by atoms with Crippen molar-refractivity contribution >= 4 is 10.8 Å². The van der Waals surface area contributed by atoms with Crippen LogP contribution in [0.1, 0.15) is 42.0 Å². The van der Waals surface area contributed by atoms with Gasteiger partial charge in [-0.05, 0) is 29.2 Å². The van der Waals surface area contributed by atoms with Gasteiger partial charge in [-0.2, -0.15) is 0 Å². The summed E-state index contributed by atoms with van der Waals surface area (Å²) in [5.41, 5.74) is 3.60. The summed E-state index contributed by atoms with van der Waals surface area (Å²) in [4.78, 5) is 0. The molecule has 0 saturated heterocycles. The molecule has 5 heteroatoms. The van der Waals surface area contributed by atoms with E-state index in [2.05, 4.69) is 26.0 Å². The Balaban J connectivity index is 1.72. The largest absolute Gasteiger partial charge is 0.467 e. The van der Waals surface area contributed by atoms with E-state index in [4.69, 9.17) is 9.47 Å². The average molecular weight is 348 g/mol. The van der Waals surface area contributed by atoms with Gasteiger partial charge in [-0.15, -0.1) is 0 Å². The predicted molar refractivity (Wildman–Crippen MR) is 92.8 cm³/mol. The fourth-order valence-electron chi connectivity index (χ4n) is 2.77. The van der Waals surface area contributed by atoms with Crippen molar-refractivity contribution in [2.75, 3.05) is 6.79 Å². The first-order chi connectivity index (χ1) is 11.5. The van der Waals surface area contributed by atoms with Crippen molar-refractivity contribution < 1.29 is 18.1 Å². The minimum absolute atomic E-state index is 0.148. The second kappa shape index (κ2) is 7.45. The molecule has 0 aromatic heterocycles. The molecular weight excluding hydrogens is 327 g/mol. The van der Waals surface area contributed by atoms with Crippen molar-refractivity contribution in [1.82, 2.24) is 0 Å². The van der Waals surface area contributed by atoms with Crippen molar-refractivity contribution in [2.45, 2.75) is 37.9 Å². The number of hydrogen-bond donors (Lipinski definition) is 0. The molecule has 0 radical (unpaired) electrons. The molecule has 1 unspecified atom stereocenters. The third-order valence-corrected chi connectivity index (χ3v) is 5.33. The Kier molecular flexibility index (Phi) is 5.31. The molecule has 3 nitrogen and oxygen atoms in total. The Labute approximate surface area is 144 Å². The average Bonchev–Trinajstić information content (AvgIpc) is 2.55. The lowest BCUT2D eigenvalue weighted by Crippen LogP contribution is -2.14. The SMILES string of the molecule is CC(C)c1ccc(CS(=O)Cc2cc(F)cc3c2OCOC3)cc1. The quantitative estimate of drug-likeness (QED) is 0.810. The van der Waals surface area contributed by atoms with Gasteiger partial charge >= 0.3 is 0 Å². The molecule has 1 atom stereocenters. The van der Waals surface area contributed by atoms with Crippen LogP contribution in [0.4, 0.5) is 4.39 Å². The van der Waals surface area contributed by atoms with Crippen LogP contribution in [0.2, 0.25) is 0 Å². The van der Waals surface area contributed by atoms with Crippen LogP contribution in [-0.4, -0.2) is 11.0 Å². The fraction of sp³-hybridized carbons (Fsp3) is 0.368. The molecule has 2 aromatic carbocycles. The van der Waals surface area contributed by atoms with Gasteiger partial charge in [-0.3, -0.25) is 4.21 Å². The zero-order valence-corrected chi connectivity index (χ0v) is 14.7. The summed E-state index contributed by atoms with van der Waals surface area (Å²) in [5.74, 6) is 1.46. The van der Waals surface area contributed by atoms with Crippen LogP contribution in [0.25, 0.3) is 0 Å². The summed E-state index contributed by atoms with van der Waals surface area (Å²) in [5, 5.41) is 0. The number of benzene rings is 2. The summed E-state index contributed by atoms with van der Waals surface area (Å²) in [6.07, 6.45) is 0. The molecule has 0 amide bonds. The van der Waals surface area contributed by atoms with Gasteiger partial charge in [-0.25, -0.2) is 4.39 Å². The van der Waals surface area contributed by atoms with Crippen LogP contribution >= 0.6 is 0 Å². The molecule has 2 aromatic rings. The molecule has 0 bridgehead atoms. The Bertz CT molecular complexity index is 741. The van der Waals surface area contributed by atoms with E-state index in [9.17, 15) is 8.60 Å². The monoisotopic (exact) mass is 348 g/mol. The second-order valence-electron chi connectivity index (χ2n) is 6.29. The van der Waals surface area contributed by atoms with Crippen molar-refractivity contribution in [1.29, 1.82) is 0 Å². The van der Waals surface area contributed by atoms with E-state index in [1.54, 1.807) is 0 Å². The van der Waals surface area contributed by atoms with Gasteiger partial charge in [0.15, 0.2) is 6.79 Å². The Morgan fingerprint density at radius 1 is 1.17 bits per heavy atom. The molecule has 0 saturated carbocycles. The molecule has 128 valence electrons. The number of halogens is 1. The van der Waals surface area contributed by atoms with Gasteiger partial charge in [0.2, 0.25) is 0 Å². The highest BCUT2D eigenvalue weighted by molar-refractivity contribution is 7.83. The van der Waals surface area contributed by atoms with Crippen LogP contribution < -0.4 is 4.74 Å². The van der Waals surface area contributed by atoms with E-state index in [1.807, 2.05) is 12.1 Å². The Morgan fingerprint density at radius 3 is 2.62 bits per heavy atom. The summed E-state index contributed by atoms with van der Waals surface area (Å²) < 4.78 is 36.9. The minimum Gasteiger partial charge on any atom is -0.467 e. The number of hydrogen-bond acceptors (Lipinski definition) is 3. The van der Waals surface area contributed by atoms with Crippen molar-refractivity contribution in [3.05, 3.63) is 64.5 Å². The van der Waals surface area contributed by atoms with Crippen molar-refractivity contribution in [3.8, 4) is 5.75 Å². The minimum atomic E-state index is -1.13. The zero-order chi connectivity index (χ0) is 17.1. The first-order valence-corrected chi connectivity index (χ1v) is 9.47. The lowest BCUT2D eigenvalue weighted by molar-refractivity contribution is -0.0171. The van der Waals surface area contributed by atoms with Gasteiger partial charge in [0.1, 0.15) is 11.6 Å². The highest BCUT2D eigenvalue weighted by Gasteiger charge is 2.18. The molecule has 3 rings (SSSR count). The lowest BCUT2D eigenvalue weighted by Gasteiger charge is -2.20. The summed E-state index contributed by atoms with van der Waals surface area (Å²) in [6.45, 7) is 4.76. The van der Waals surface area contributed by atoms with E-state index in [-0.39, 0.29) is 18.4 Å². The maximum absolute atomic E-state index is 13.7. The van der Waals surface area contributed by atoms with Crippen LogP contribution in [0.3, 0.4) is 0 Å². The molecule has 0 spiro atoms. The van der Waals surface area contributed by atoms with Crippen LogP contribution in [-0.2, 0) is 33.6 Å². The van der Waals surface area contributed by atoms with Crippen LogP contribution in [0.15, 0.2) is 36.4 Å². The number of rotatable bonds is 5. The lowest BCUT2D eigenvalue weighted by atomic mass is 10.0. The number of fused-ring (bicyclic) bond motifs is 1. The first kappa shape index (κ1) is 17.1. The number of ether oxygens (including phenoxy) is 2. The first-order valence-electron chi connectivity index (χ1n) is 7.98. The third-order valence-electron chi connectivity index (χ3n) is 4.04. The highest BCUT2D eigenvalue weighted by Crippen LogP contribution is 2.30. The molecule has 0 fully saturated rings. The molecule has 1 aliphatic rings. The maximum Gasteiger partial charge on any atom is 0.189 e. The third kappa shape index (κ3) is 4.02. The van der Waals surface area contributed by atoms with Gasteiger partial charge in [0.05, 0.1) is 12.4 Å². The van der Waals surface area contributed by atoms with E-state index < -0.39 is 10.8 Å². The Morgan fingerprint density at radius 2 is 1.92 bits per heavy atom. The van der Waals surface area contributed by atoms with Crippen LogP contribution in [0, 0.1) is 5.82 Å².